The van der Waals surface area contributed by atoms with E-state index in [0.29, 0.717) is 11.8 Å². The molecule has 1 aromatic rings. The van der Waals surface area contributed by atoms with Gasteiger partial charge in [-0.05, 0) is 30.4 Å². The zero-order chi connectivity index (χ0) is 16.3. The van der Waals surface area contributed by atoms with Crippen molar-refractivity contribution in [1.82, 2.24) is 4.90 Å². The molecule has 1 fully saturated rings. The number of piperidine rings is 1. The number of nitrogens with one attached hydrogen (secondary N) is 1. The highest BCUT2D eigenvalue weighted by Crippen LogP contribution is 2.28. The summed E-state index contributed by atoms with van der Waals surface area (Å²) in [6.45, 7) is 6.34. The lowest BCUT2D eigenvalue weighted by Crippen LogP contribution is -2.42. The Morgan fingerprint density at radius 3 is 2.64 bits per heavy atom. The fourth-order valence-corrected chi connectivity index (χ4v) is 3.24. The van der Waals surface area contributed by atoms with Crippen LogP contribution in [-0.2, 0) is 4.79 Å². The van der Waals surface area contributed by atoms with Crippen LogP contribution in [0.4, 0.5) is 11.4 Å². The predicted molar refractivity (Wildman–Crippen MR) is 86.1 cm³/mol. The first kappa shape index (κ1) is 16.7. The molecule has 22 heavy (non-hydrogen) atoms. The maximum atomic E-state index is 12.1. The van der Waals surface area contributed by atoms with Gasteiger partial charge in [-0.1, -0.05) is 25.4 Å². The van der Waals surface area contributed by atoms with Gasteiger partial charge in [-0.15, -0.1) is 0 Å². The summed E-state index contributed by atoms with van der Waals surface area (Å²) >= 11 is 5.76. The van der Waals surface area contributed by atoms with Crippen LogP contribution in [0.1, 0.15) is 20.3 Å². The smallest absolute Gasteiger partial charge is 0.294 e. The number of anilines is 1. The Morgan fingerprint density at radius 2 is 2.05 bits per heavy atom. The van der Waals surface area contributed by atoms with Gasteiger partial charge in [-0.3, -0.25) is 19.8 Å². The predicted octanol–water partition coefficient (Wildman–Crippen LogP) is 3.16. The molecule has 0 radical (unpaired) electrons. The van der Waals surface area contributed by atoms with Gasteiger partial charge in [0.25, 0.3) is 5.69 Å². The third-order valence-electron chi connectivity index (χ3n) is 3.74. The SMILES string of the molecule is C[C@H]1C[C@H](C)CN(CC(=O)Nc2ccc(Cl)cc2[N+](=O)[O-])C1. The Labute approximate surface area is 134 Å². The van der Waals surface area contributed by atoms with Crippen LogP contribution >= 0.6 is 11.6 Å². The molecule has 1 heterocycles. The van der Waals surface area contributed by atoms with Crippen molar-refractivity contribution in [3.63, 3.8) is 0 Å². The molecule has 120 valence electrons. The molecule has 6 nitrogen and oxygen atoms in total. The fourth-order valence-electron chi connectivity index (χ4n) is 3.08. The third-order valence-corrected chi connectivity index (χ3v) is 3.98. The highest BCUT2D eigenvalue weighted by Gasteiger charge is 2.24. The summed E-state index contributed by atoms with van der Waals surface area (Å²) in [7, 11) is 0. The number of benzene rings is 1. The average Bonchev–Trinajstić information content (AvgIpc) is 2.39. The Morgan fingerprint density at radius 1 is 1.41 bits per heavy atom. The lowest BCUT2D eigenvalue weighted by molar-refractivity contribution is -0.383. The van der Waals surface area contributed by atoms with Crippen molar-refractivity contribution < 1.29 is 9.72 Å². The van der Waals surface area contributed by atoms with Gasteiger partial charge in [0.05, 0.1) is 11.5 Å². The normalized spacial score (nSPS) is 22.3. The molecule has 0 aromatic heterocycles. The van der Waals surface area contributed by atoms with E-state index >= 15 is 0 Å². The van der Waals surface area contributed by atoms with Crippen LogP contribution in [-0.4, -0.2) is 35.4 Å². The van der Waals surface area contributed by atoms with Crippen LogP contribution in [0.25, 0.3) is 0 Å². The molecule has 0 unspecified atom stereocenters. The second-order valence-corrected chi connectivity index (χ2v) is 6.54. The number of likely N-dealkylation sites (tertiary alicyclic amines) is 1. The summed E-state index contributed by atoms with van der Waals surface area (Å²) in [6, 6.07) is 4.22. The molecule has 1 amide bonds. The van der Waals surface area contributed by atoms with Gasteiger partial charge in [0, 0.05) is 24.2 Å². The van der Waals surface area contributed by atoms with Crippen molar-refractivity contribution in [1.29, 1.82) is 0 Å². The molecule has 0 aliphatic carbocycles. The molecule has 1 aliphatic rings. The lowest BCUT2D eigenvalue weighted by Gasteiger charge is -2.34. The van der Waals surface area contributed by atoms with E-state index in [2.05, 4.69) is 24.1 Å². The van der Waals surface area contributed by atoms with E-state index in [1.54, 1.807) is 0 Å². The van der Waals surface area contributed by atoms with Gasteiger partial charge < -0.3 is 5.32 Å². The third kappa shape index (κ3) is 4.42. The fraction of sp³-hybridized carbons (Fsp3) is 0.533. The molecule has 0 spiro atoms. The van der Waals surface area contributed by atoms with Gasteiger partial charge >= 0.3 is 0 Å². The molecular weight excluding hydrogens is 306 g/mol. The van der Waals surface area contributed by atoms with Crippen molar-refractivity contribution in [2.75, 3.05) is 25.0 Å². The van der Waals surface area contributed by atoms with Crippen molar-refractivity contribution in [2.24, 2.45) is 11.8 Å². The Kier molecular flexibility index (Phi) is 5.37. The topological polar surface area (TPSA) is 75.5 Å². The van der Waals surface area contributed by atoms with E-state index in [1.165, 1.54) is 24.6 Å². The Balaban J connectivity index is 2.02. The molecule has 1 saturated heterocycles. The molecule has 1 aromatic carbocycles. The number of nitrogens with zero attached hydrogens (tertiary/aromatic N) is 2. The first-order valence-electron chi connectivity index (χ1n) is 7.31. The first-order chi connectivity index (χ1) is 10.3. The molecular formula is C15H20ClN3O3. The van der Waals surface area contributed by atoms with E-state index < -0.39 is 4.92 Å². The number of carbonyl (C=O) groups is 1. The second kappa shape index (κ2) is 7.07. The van der Waals surface area contributed by atoms with E-state index in [-0.39, 0.29) is 28.8 Å². The van der Waals surface area contributed by atoms with Crippen molar-refractivity contribution >= 4 is 28.9 Å². The summed E-state index contributed by atoms with van der Waals surface area (Å²) in [5.74, 6) is 0.870. The van der Waals surface area contributed by atoms with E-state index in [4.69, 9.17) is 11.6 Å². The van der Waals surface area contributed by atoms with E-state index in [9.17, 15) is 14.9 Å². The molecule has 1 aliphatic heterocycles. The zero-order valence-corrected chi connectivity index (χ0v) is 13.5. The quantitative estimate of drug-likeness (QED) is 0.681. The molecule has 2 rings (SSSR count). The zero-order valence-electron chi connectivity index (χ0n) is 12.7. The van der Waals surface area contributed by atoms with Crippen LogP contribution in [0.3, 0.4) is 0 Å². The number of rotatable bonds is 4. The minimum atomic E-state index is -0.549. The molecule has 0 bridgehead atoms. The molecule has 7 heteroatoms. The van der Waals surface area contributed by atoms with Gasteiger partial charge in [0.2, 0.25) is 5.91 Å². The van der Waals surface area contributed by atoms with Gasteiger partial charge in [-0.25, -0.2) is 0 Å². The van der Waals surface area contributed by atoms with E-state index in [1.807, 2.05) is 0 Å². The first-order valence-corrected chi connectivity index (χ1v) is 7.69. The maximum absolute atomic E-state index is 12.1. The second-order valence-electron chi connectivity index (χ2n) is 6.11. The maximum Gasteiger partial charge on any atom is 0.294 e. The van der Waals surface area contributed by atoms with Gasteiger partial charge in [0.15, 0.2) is 0 Å². The largest absolute Gasteiger partial charge is 0.319 e. The number of halogens is 1. The number of amides is 1. The molecule has 0 saturated carbocycles. The number of hydrogen-bond donors (Lipinski definition) is 1. The number of nitro groups is 1. The van der Waals surface area contributed by atoms with Gasteiger partial charge in [0.1, 0.15) is 5.69 Å². The summed E-state index contributed by atoms with van der Waals surface area (Å²) in [5, 5.41) is 13.9. The van der Waals surface area contributed by atoms with Crippen molar-refractivity contribution in [2.45, 2.75) is 20.3 Å². The monoisotopic (exact) mass is 325 g/mol. The van der Waals surface area contributed by atoms with Crippen LogP contribution in [0.15, 0.2) is 18.2 Å². The summed E-state index contributed by atoms with van der Waals surface area (Å²) < 4.78 is 0. The molecule has 2 atom stereocenters. The highest BCUT2D eigenvalue weighted by molar-refractivity contribution is 6.31. The average molecular weight is 326 g/mol. The Hall–Kier alpha value is -1.66. The summed E-state index contributed by atoms with van der Waals surface area (Å²) in [5.41, 5.74) is -0.0151. The van der Waals surface area contributed by atoms with Crippen molar-refractivity contribution in [3.8, 4) is 0 Å². The molecule has 1 N–H and O–H groups in total. The van der Waals surface area contributed by atoms with Crippen LogP contribution in [0.2, 0.25) is 5.02 Å². The highest BCUT2D eigenvalue weighted by atomic mass is 35.5. The minimum Gasteiger partial charge on any atom is -0.319 e. The lowest BCUT2D eigenvalue weighted by atomic mass is 9.92. The van der Waals surface area contributed by atoms with Crippen LogP contribution in [0, 0.1) is 22.0 Å². The Bertz CT molecular complexity index is 569. The van der Waals surface area contributed by atoms with Crippen LogP contribution < -0.4 is 5.32 Å². The summed E-state index contributed by atoms with van der Waals surface area (Å²) in [6.07, 6.45) is 1.17. The van der Waals surface area contributed by atoms with Crippen LogP contribution in [0.5, 0.6) is 0 Å². The van der Waals surface area contributed by atoms with E-state index in [0.717, 1.165) is 13.1 Å². The minimum absolute atomic E-state index is 0.178. The standard InChI is InChI=1S/C15H20ClN3O3/c1-10-5-11(2)8-18(7-10)9-15(20)17-13-4-3-12(16)6-14(13)19(21)22/h3-4,6,10-11H,5,7-9H2,1-2H3,(H,17,20)/t10-,11-/m0/s1. The number of hydrogen-bond acceptors (Lipinski definition) is 4. The van der Waals surface area contributed by atoms with Gasteiger partial charge in [-0.2, -0.15) is 0 Å². The van der Waals surface area contributed by atoms with Crippen molar-refractivity contribution in [3.05, 3.63) is 33.3 Å². The number of carbonyl (C=O) groups excluding carboxylic acids is 1. The number of nitro benzene ring substituents is 1. The summed E-state index contributed by atoms with van der Waals surface area (Å²) in [4.78, 5) is 24.7.